The molecule has 0 amide bonds. The molecule has 36 heavy (non-hydrogen) atoms. The van der Waals surface area contributed by atoms with Crippen LogP contribution in [0.15, 0.2) is 144 Å². The van der Waals surface area contributed by atoms with E-state index in [-0.39, 0.29) is 0 Å². The van der Waals surface area contributed by atoms with Crippen LogP contribution in [0.3, 0.4) is 0 Å². The maximum Gasteiger partial charge on any atom is 0.345 e. The summed E-state index contributed by atoms with van der Waals surface area (Å²) in [5, 5.41) is 3.34. The van der Waals surface area contributed by atoms with Gasteiger partial charge in [-0.3, -0.25) is 4.74 Å². The van der Waals surface area contributed by atoms with Crippen molar-refractivity contribution in [2.75, 3.05) is 0 Å². The van der Waals surface area contributed by atoms with Gasteiger partial charge in [-0.05, 0) is 31.2 Å². The Morgan fingerprint density at radius 3 is 1.53 bits per heavy atom. The number of carbonyl (C=O) groups excluding carboxylic acids is 1. The number of rotatable bonds is 6. The lowest BCUT2D eigenvalue weighted by Gasteiger charge is -2.27. The monoisotopic (exact) mass is 487 g/mol. The molecule has 5 aromatic carbocycles. The lowest BCUT2D eigenvalue weighted by molar-refractivity contribution is 0.0735. The Morgan fingerprint density at radius 1 is 0.583 bits per heavy atom. The molecule has 0 aliphatic rings. The summed E-state index contributed by atoms with van der Waals surface area (Å²) in [5.41, 5.74) is 2.15. The van der Waals surface area contributed by atoms with Crippen molar-refractivity contribution in [1.29, 1.82) is 0 Å². The van der Waals surface area contributed by atoms with Gasteiger partial charge in [0.2, 0.25) is 0 Å². The lowest BCUT2D eigenvalue weighted by Crippen LogP contribution is -2.25. The number of nitrogens with zero attached hydrogens (tertiary/aromatic N) is 1. The van der Waals surface area contributed by atoms with Crippen LogP contribution in [-0.2, 0) is 0 Å². The van der Waals surface area contributed by atoms with E-state index in [0.29, 0.717) is 17.0 Å². The molecule has 0 aliphatic heterocycles. The Kier molecular flexibility index (Phi) is 6.93. The number of esters is 1. The van der Waals surface area contributed by atoms with Crippen LogP contribution < -0.4 is 20.7 Å². The molecular weight excluding hydrogens is 461 g/mol. The Balaban J connectivity index is 1.75. The molecule has 4 heteroatoms. The molecular formula is C32H26NO2P. The molecule has 0 aromatic heterocycles. The first kappa shape index (κ1) is 23.5. The highest BCUT2D eigenvalue weighted by molar-refractivity contribution is 7.87. The van der Waals surface area contributed by atoms with Crippen LogP contribution in [0, 0.1) is 6.92 Å². The van der Waals surface area contributed by atoms with Gasteiger partial charge in [0, 0.05) is 15.9 Å². The number of benzene rings is 5. The van der Waals surface area contributed by atoms with E-state index in [9.17, 15) is 4.79 Å². The van der Waals surface area contributed by atoms with E-state index >= 15 is 0 Å². The number of ether oxygens (including phenoxy) is 1. The van der Waals surface area contributed by atoms with Gasteiger partial charge in [-0.25, -0.2) is 4.79 Å². The highest BCUT2D eigenvalue weighted by Crippen LogP contribution is 2.49. The van der Waals surface area contributed by atoms with Crippen molar-refractivity contribution < 1.29 is 9.53 Å². The van der Waals surface area contributed by atoms with Crippen LogP contribution in [0.4, 0.5) is 5.69 Å². The normalized spacial score (nSPS) is 11.0. The molecule has 5 rings (SSSR count). The largest absolute Gasteiger partial charge is 0.423 e. The fourth-order valence-electron chi connectivity index (χ4n) is 4.21. The van der Waals surface area contributed by atoms with Crippen LogP contribution >= 0.6 is 7.05 Å². The van der Waals surface area contributed by atoms with E-state index in [1.165, 1.54) is 0 Å². The van der Waals surface area contributed by atoms with Crippen molar-refractivity contribution in [1.82, 2.24) is 0 Å². The Hall–Kier alpha value is -4.20. The number of hydrogen-bond acceptors (Lipinski definition) is 3. The van der Waals surface area contributed by atoms with Gasteiger partial charge in [0.1, 0.15) is 5.75 Å². The first-order valence-electron chi connectivity index (χ1n) is 11.8. The van der Waals surface area contributed by atoms with E-state index < -0.39 is 13.0 Å². The molecule has 176 valence electrons. The van der Waals surface area contributed by atoms with Crippen LogP contribution in [0.2, 0.25) is 0 Å². The fourth-order valence-corrected chi connectivity index (χ4v) is 7.76. The van der Waals surface area contributed by atoms with Gasteiger partial charge in [-0.2, -0.15) is 0 Å². The van der Waals surface area contributed by atoms with Crippen LogP contribution in [0.25, 0.3) is 0 Å². The Morgan fingerprint density at radius 2 is 1.03 bits per heavy atom. The maximum atomic E-state index is 13.3. The predicted octanol–water partition coefficient (Wildman–Crippen LogP) is 7.02. The van der Waals surface area contributed by atoms with Gasteiger partial charge in [0.05, 0.1) is 18.3 Å². The predicted molar refractivity (Wildman–Crippen MR) is 150 cm³/mol. The number of hydrogen-bond donors (Lipinski definition) is 0. The van der Waals surface area contributed by atoms with Gasteiger partial charge in [-0.1, -0.05) is 121 Å². The van der Waals surface area contributed by atoms with E-state index in [1.807, 2.05) is 104 Å². The number of aryl methyl sites for hydroxylation is 1. The second-order valence-corrected chi connectivity index (χ2v) is 11.5. The summed E-state index contributed by atoms with van der Waals surface area (Å²) in [6, 6.07) is 46.0. The molecule has 3 nitrogen and oxygen atoms in total. The summed E-state index contributed by atoms with van der Waals surface area (Å²) in [6.07, 6.45) is 0. The molecule has 5 aromatic rings. The van der Waals surface area contributed by atoms with E-state index in [4.69, 9.17) is 9.48 Å². The highest BCUT2D eigenvalue weighted by atomic mass is 31.2. The van der Waals surface area contributed by atoms with Crippen LogP contribution in [0.1, 0.15) is 15.9 Å². The third-order valence-electron chi connectivity index (χ3n) is 6.00. The van der Waals surface area contributed by atoms with Gasteiger partial charge in [-0.15, -0.1) is 0 Å². The summed E-state index contributed by atoms with van der Waals surface area (Å²) in [6.45, 7) is 2.00. The smallest absolute Gasteiger partial charge is 0.345 e. The summed E-state index contributed by atoms with van der Waals surface area (Å²) in [7, 11) is -2.51. The minimum atomic E-state index is -2.51. The molecule has 0 radical (unpaired) electrons. The quantitative estimate of drug-likeness (QED) is 0.147. The lowest BCUT2D eigenvalue weighted by atomic mass is 10.2. The van der Waals surface area contributed by atoms with Crippen LogP contribution in [0.5, 0.6) is 5.75 Å². The van der Waals surface area contributed by atoms with Gasteiger partial charge >= 0.3 is 5.97 Å². The third kappa shape index (κ3) is 4.79. The van der Waals surface area contributed by atoms with Gasteiger partial charge in [0.25, 0.3) is 0 Å². The van der Waals surface area contributed by atoms with Crippen molar-refractivity contribution in [3.05, 3.63) is 151 Å². The van der Waals surface area contributed by atoms with Crippen molar-refractivity contribution in [3.8, 4) is 5.75 Å². The van der Waals surface area contributed by atoms with E-state index in [1.54, 1.807) is 6.07 Å². The topological polar surface area (TPSA) is 38.7 Å². The molecule has 0 fully saturated rings. The van der Waals surface area contributed by atoms with E-state index in [0.717, 1.165) is 21.5 Å². The molecule has 0 atom stereocenters. The molecule has 0 N–H and O–H groups in total. The van der Waals surface area contributed by atoms with Gasteiger partial charge in [0.15, 0.2) is 0 Å². The summed E-state index contributed by atoms with van der Waals surface area (Å²) in [4.78, 5) is 13.3. The van der Waals surface area contributed by atoms with Gasteiger partial charge < -0.3 is 4.74 Å². The second kappa shape index (κ2) is 10.6. The molecule has 0 aliphatic carbocycles. The number of carbonyl (C=O) groups is 1. The summed E-state index contributed by atoms with van der Waals surface area (Å²) in [5.74, 6) is 0.0844. The minimum Gasteiger partial charge on any atom is -0.423 e. The van der Waals surface area contributed by atoms with Crippen molar-refractivity contribution in [2.45, 2.75) is 6.92 Å². The maximum absolute atomic E-state index is 13.3. The summed E-state index contributed by atoms with van der Waals surface area (Å²) < 4.78 is 11.2. The average molecular weight is 488 g/mol. The molecule has 0 bridgehead atoms. The standard InChI is InChI=1S/C32H26NO2P/c1-25-21-23-26(24-22-25)35-32(34)30-19-11-12-20-31(30)33-36(27-13-5-2-6-14-27,28-15-7-3-8-16-28)29-17-9-4-10-18-29/h2-24H,1H3. The molecule has 0 heterocycles. The van der Waals surface area contributed by atoms with Crippen molar-refractivity contribution in [2.24, 2.45) is 4.74 Å². The first-order valence-corrected chi connectivity index (χ1v) is 13.6. The van der Waals surface area contributed by atoms with E-state index in [2.05, 4.69) is 36.4 Å². The fraction of sp³-hybridized carbons (Fsp3) is 0.0312. The Labute approximate surface area is 212 Å². The molecule has 0 spiro atoms. The average Bonchev–Trinajstić information content (AvgIpc) is 2.94. The Bertz CT molecular complexity index is 1410. The van der Waals surface area contributed by atoms with Crippen molar-refractivity contribution in [3.63, 3.8) is 0 Å². The van der Waals surface area contributed by atoms with Crippen molar-refractivity contribution >= 4 is 34.6 Å². The third-order valence-corrected chi connectivity index (χ3v) is 9.65. The summed E-state index contributed by atoms with van der Waals surface area (Å²) >= 11 is 0. The highest BCUT2D eigenvalue weighted by Gasteiger charge is 2.28. The SMILES string of the molecule is Cc1ccc(OC(=O)c2ccccc2N=P(c2ccccc2)(c2ccccc2)c2ccccc2)cc1. The zero-order valence-corrected chi connectivity index (χ0v) is 20.9. The second-order valence-electron chi connectivity index (χ2n) is 8.46. The minimum absolute atomic E-state index is 0.425. The van der Waals surface area contributed by atoms with Crippen LogP contribution in [-0.4, -0.2) is 5.97 Å². The first-order chi connectivity index (χ1) is 17.7. The zero-order chi connectivity index (χ0) is 24.8. The molecule has 0 unspecified atom stereocenters. The zero-order valence-electron chi connectivity index (χ0n) is 20.0. The molecule has 0 saturated heterocycles. The molecule has 0 saturated carbocycles.